The molecule has 118 valence electrons. The highest BCUT2D eigenvalue weighted by molar-refractivity contribution is 6.32. The van der Waals surface area contributed by atoms with E-state index in [9.17, 15) is 0 Å². The van der Waals surface area contributed by atoms with Crippen molar-refractivity contribution in [1.82, 2.24) is 5.32 Å². The van der Waals surface area contributed by atoms with Crippen molar-refractivity contribution in [1.29, 1.82) is 0 Å². The molecule has 1 N–H and O–H groups in total. The van der Waals surface area contributed by atoms with Gasteiger partial charge in [0.05, 0.1) is 26.4 Å². The minimum Gasteiger partial charge on any atom is -0.497 e. The molecule has 0 aliphatic rings. The summed E-state index contributed by atoms with van der Waals surface area (Å²) in [6.07, 6.45) is 0. The average molecular weight is 322 g/mol. The molecule has 0 aliphatic heterocycles. The number of hydrogen-bond donors (Lipinski definition) is 1. The van der Waals surface area contributed by atoms with E-state index in [0.717, 1.165) is 17.9 Å². The zero-order valence-corrected chi connectivity index (χ0v) is 13.7. The zero-order valence-electron chi connectivity index (χ0n) is 13.0. The van der Waals surface area contributed by atoms with Gasteiger partial charge in [-0.2, -0.15) is 0 Å². The van der Waals surface area contributed by atoms with Crippen molar-refractivity contribution in [3.8, 4) is 17.2 Å². The summed E-state index contributed by atoms with van der Waals surface area (Å²) in [5, 5.41) is 3.92. The van der Waals surface area contributed by atoms with Gasteiger partial charge in [-0.25, -0.2) is 0 Å². The number of ether oxygens (including phenoxy) is 3. The molecule has 0 saturated heterocycles. The molecule has 5 heteroatoms. The van der Waals surface area contributed by atoms with Crippen LogP contribution in [-0.2, 0) is 13.1 Å². The molecule has 4 nitrogen and oxygen atoms in total. The van der Waals surface area contributed by atoms with Crippen LogP contribution in [0, 0.1) is 0 Å². The highest BCUT2D eigenvalue weighted by Gasteiger charge is 2.10. The second kappa shape index (κ2) is 7.92. The van der Waals surface area contributed by atoms with Crippen molar-refractivity contribution < 1.29 is 14.2 Å². The first-order valence-electron chi connectivity index (χ1n) is 6.92. The van der Waals surface area contributed by atoms with Gasteiger partial charge in [-0.1, -0.05) is 23.7 Å². The van der Waals surface area contributed by atoms with Crippen LogP contribution >= 0.6 is 11.6 Å². The summed E-state index contributed by atoms with van der Waals surface area (Å²) in [6, 6.07) is 11.8. The van der Waals surface area contributed by atoms with Crippen LogP contribution in [0.2, 0.25) is 5.02 Å². The Morgan fingerprint density at radius 1 is 0.864 bits per heavy atom. The van der Waals surface area contributed by atoms with Gasteiger partial charge in [-0.05, 0) is 35.4 Å². The van der Waals surface area contributed by atoms with Gasteiger partial charge >= 0.3 is 0 Å². The Morgan fingerprint density at radius 2 is 1.55 bits per heavy atom. The van der Waals surface area contributed by atoms with E-state index >= 15 is 0 Å². The van der Waals surface area contributed by atoms with Crippen LogP contribution in [0.3, 0.4) is 0 Å². The van der Waals surface area contributed by atoms with E-state index in [-0.39, 0.29) is 0 Å². The first-order valence-corrected chi connectivity index (χ1v) is 7.29. The van der Waals surface area contributed by atoms with Crippen LogP contribution in [-0.4, -0.2) is 21.3 Å². The van der Waals surface area contributed by atoms with Crippen LogP contribution in [0.15, 0.2) is 36.4 Å². The standard InChI is InChI=1S/C17H20ClNO3/c1-20-14-6-4-12(5-7-14)10-19-11-13-8-15(18)17(22-3)16(9-13)21-2/h4-9,19H,10-11H2,1-3H3. The molecule has 0 aliphatic carbocycles. The van der Waals surface area contributed by atoms with Gasteiger partial charge in [0, 0.05) is 13.1 Å². The lowest BCUT2D eigenvalue weighted by Gasteiger charge is -2.12. The monoisotopic (exact) mass is 321 g/mol. The number of methoxy groups -OCH3 is 3. The van der Waals surface area contributed by atoms with Gasteiger partial charge in [0.15, 0.2) is 11.5 Å². The Balaban J connectivity index is 1.97. The van der Waals surface area contributed by atoms with Gasteiger partial charge in [-0.15, -0.1) is 0 Å². The minimum absolute atomic E-state index is 0.545. The van der Waals surface area contributed by atoms with Gasteiger partial charge in [-0.3, -0.25) is 0 Å². The maximum Gasteiger partial charge on any atom is 0.179 e. The molecule has 0 unspecified atom stereocenters. The van der Waals surface area contributed by atoms with Crippen LogP contribution in [0.4, 0.5) is 0 Å². The molecule has 0 amide bonds. The quantitative estimate of drug-likeness (QED) is 0.845. The van der Waals surface area contributed by atoms with Crippen LogP contribution in [0.1, 0.15) is 11.1 Å². The average Bonchev–Trinajstić information content (AvgIpc) is 2.55. The van der Waals surface area contributed by atoms with Crippen molar-refractivity contribution in [3.05, 3.63) is 52.5 Å². The molecule has 0 atom stereocenters. The van der Waals surface area contributed by atoms with Crippen molar-refractivity contribution in [2.24, 2.45) is 0 Å². The van der Waals surface area contributed by atoms with Gasteiger partial charge in [0.1, 0.15) is 5.75 Å². The van der Waals surface area contributed by atoms with Crippen LogP contribution in [0.25, 0.3) is 0 Å². The highest BCUT2D eigenvalue weighted by atomic mass is 35.5. The first kappa shape index (κ1) is 16.5. The normalized spacial score (nSPS) is 10.4. The van der Waals surface area contributed by atoms with Crippen molar-refractivity contribution in [2.45, 2.75) is 13.1 Å². The third kappa shape index (κ3) is 4.06. The molecule has 0 radical (unpaired) electrons. The van der Waals surface area contributed by atoms with Crippen molar-refractivity contribution >= 4 is 11.6 Å². The molecule has 0 aromatic heterocycles. The third-order valence-electron chi connectivity index (χ3n) is 3.31. The number of halogens is 1. The second-order valence-electron chi connectivity index (χ2n) is 4.76. The maximum absolute atomic E-state index is 6.20. The third-order valence-corrected chi connectivity index (χ3v) is 3.59. The van der Waals surface area contributed by atoms with E-state index in [1.165, 1.54) is 5.56 Å². The minimum atomic E-state index is 0.545. The molecule has 2 rings (SSSR count). The number of rotatable bonds is 7. The zero-order chi connectivity index (χ0) is 15.9. The Hall–Kier alpha value is -1.91. The lowest BCUT2D eigenvalue weighted by Crippen LogP contribution is -2.12. The summed E-state index contributed by atoms with van der Waals surface area (Å²) in [7, 11) is 4.84. The van der Waals surface area contributed by atoms with Crippen molar-refractivity contribution in [2.75, 3.05) is 21.3 Å². The van der Waals surface area contributed by atoms with Gasteiger partial charge in [0.25, 0.3) is 0 Å². The first-order chi connectivity index (χ1) is 10.7. The fraction of sp³-hybridized carbons (Fsp3) is 0.294. The summed E-state index contributed by atoms with van der Waals surface area (Å²) in [5.41, 5.74) is 2.23. The Labute approximate surface area is 136 Å². The molecule has 0 saturated carbocycles. The lowest BCUT2D eigenvalue weighted by atomic mass is 10.1. The topological polar surface area (TPSA) is 39.7 Å². The summed E-state index contributed by atoms with van der Waals surface area (Å²) in [4.78, 5) is 0. The summed E-state index contributed by atoms with van der Waals surface area (Å²) in [5.74, 6) is 2.05. The molecule has 2 aromatic carbocycles. The van der Waals surface area contributed by atoms with E-state index in [4.69, 9.17) is 25.8 Å². The van der Waals surface area contributed by atoms with E-state index in [0.29, 0.717) is 23.1 Å². The fourth-order valence-electron chi connectivity index (χ4n) is 2.17. The van der Waals surface area contributed by atoms with Gasteiger partial charge < -0.3 is 19.5 Å². The number of hydrogen-bond acceptors (Lipinski definition) is 4. The molecular formula is C17H20ClNO3. The van der Waals surface area contributed by atoms with Crippen LogP contribution in [0.5, 0.6) is 17.2 Å². The van der Waals surface area contributed by atoms with Crippen LogP contribution < -0.4 is 19.5 Å². The van der Waals surface area contributed by atoms with Crippen molar-refractivity contribution in [3.63, 3.8) is 0 Å². The van der Waals surface area contributed by atoms with Gasteiger partial charge in [0.2, 0.25) is 0 Å². The lowest BCUT2D eigenvalue weighted by molar-refractivity contribution is 0.354. The van der Waals surface area contributed by atoms with E-state index in [2.05, 4.69) is 5.32 Å². The van der Waals surface area contributed by atoms with E-state index < -0.39 is 0 Å². The molecule has 2 aromatic rings. The summed E-state index contributed by atoms with van der Waals surface area (Å²) < 4.78 is 15.7. The summed E-state index contributed by atoms with van der Waals surface area (Å²) >= 11 is 6.20. The predicted octanol–water partition coefficient (Wildman–Crippen LogP) is 3.66. The largest absolute Gasteiger partial charge is 0.497 e. The van der Waals surface area contributed by atoms with E-state index in [1.54, 1.807) is 21.3 Å². The fourth-order valence-corrected chi connectivity index (χ4v) is 2.48. The highest BCUT2D eigenvalue weighted by Crippen LogP contribution is 2.35. The Morgan fingerprint density at radius 3 is 2.14 bits per heavy atom. The number of nitrogens with one attached hydrogen (secondary N) is 1. The molecule has 22 heavy (non-hydrogen) atoms. The smallest absolute Gasteiger partial charge is 0.179 e. The molecule has 0 spiro atoms. The maximum atomic E-state index is 6.20. The molecule has 0 heterocycles. The Kier molecular flexibility index (Phi) is 5.92. The molecule has 0 bridgehead atoms. The number of benzene rings is 2. The predicted molar refractivity (Wildman–Crippen MR) is 88.1 cm³/mol. The summed E-state index contributed by atoms with van der Waals surface area (Å²) in [6.45, 7) is 1.45. The molecular weight excluding hydrogens is 302 g/mol. The second-order valence-corrected chi connectivity index (χ2v) is 5.17. The molecule has 0 fully saturated rings. The van der Waals surface area contributed by atoms with E-state index in [1.807, 2.05) is 36.4 Å². The SMILES string of the molecule is COc1ccc(CNCc2cc(Cl)c(OC)c(OC)c2)cc1. The Bertz CT molecular complexity index is 614.